The minimum atomic E-state index is -6.07. The molecule has 0 aliphatic heterocycles. The van der Waals surface area contributed by atoms with Crippen LogP contribution in [0.1, 0.15) is 0 Å². The molecule has 17 heavy (non-hydrogen) atoms. The number of nitrogens with two attached hydrogens (primary N) is 1. The van der Waals surface area contributed by atoms with Gasteiger partial charge in [0, 0.05) is 0 Å². The summed E-state index contributed by atoms with van der Waals surface area (Å²) in [7, 11) is -5.85. The first-order valence-corrected chi connectivity index (χ1v) is 6.12. The molecule has 0 aliphatic rings. The van der Waals surface area contributed by atoms with Crippen molar-refractivity contribution in [2.45, 2.75) is 16.2 Å². The van der Waals surface area contributed by atoms with Crippen LogP contribution in [0.3, 0.4) is 0 Å². The Morgan fingerprint density at radius 3 is 1.76 bits per heavy atom. The van der Waals surface area contributed by atoms with Gasteiger partial charge >= 0.3 is 16.2 Å². The molecule has 0 spiro atoms. The van der Waals surface area contributed by atoms with Crippen LogP contribution in [0, 0.1) is 0 Å². The lowest BCUT2D eigenvalue weighted by molar-refractivity contribution is -0.196. The second kappa shape index (κ2) is 4.26. The molecule has 0 bridgehead atoms. The van der Waals surface area contributed by atoms with E-state index in [9.17, 15) is 34.6 Å². The molecule has 0 aliphatic carbocycles. The van der Waals surface area contributed by atoms with Crippen LogP contribution in [0.25, 0.3) is 0 Å². The lowest BCUT2D eigenvalue weighted by Gasteiger charge is -2.32. The van der Waals surface area contributed by atoms with E-state index in [-0.39, 0.29) is 0 Å². The van der Waals surface area contributed by atoms with Gasteiger partial charge in [0.2, 0.25) is 11.1 Å². The van der Waals surface area contributed by atoms with Crippen LogP contribution in [0.2, 0.25) is 0 Å². The van der Waals surface area contributed by atoms with Crippen molar-refractivity contribution in [3.8, 4) is 0 Å². The van der Waals surface area contributed by atoms with Gasteiger partial charge in [0.15, 0.2) is 0 Å². The van der Waals surface area contributed by atoms with Crippen LogP contribution in [0.5, 0.6) is 0 Å². The van der Waals surface area contributed by atoms with Crippen molar-refractivity contribution in [1.82, 2.24) is 0 Å². The maximum Gasteiger partial charge on any atom is 0.411 e. The fourth-order valence-corrected chi connectivity index (χ4v) is 1.88. The van der Waals surface area contributed by atoms with Gasteiger partial charge in [0.05, 0.1) is 0 Å². The molecule has 0 amide bonds. The van der Waals surface area contributed by atoms with Crippen molar-refractivity contribution in [3.05, 3.63) is 12.7 Å². The highest BCUT2D eigenvalue weighted by atomic mass is 32.2. The molecule has 2 atom stereocenters. The molecule has 0 radical (unpaired) electrons. The van der Waals surface area contributed by atoms with Crippen molar-refractivity contribution in [3.63, 3.8) is 0 Å². The van der Waals surface area contributed by atoms with Gasteiger partial charge in [-0.2, -0.15) is 17.6 Å². The van der Waals surface area contributed by atoms with Gasteiger partial charge in [-0.05, 0) is 6.08 Å². The highest BCUT2D eigenvalue weighted by molar-refractivity contribution is 7.90. The summed E-state index contributed by atoms with van der Waals surface area (Å²) in [6.45, 7) is 2.31. The zero-order valence-corrected chi connectivity index (χ0v) is 9.37. The summed E-state index contributed by atoms with van der Waals surface area (Å²) >= 11 is -4.52. The van der Waals surface area contributed by atoms with Gasteiger partial charge in [-0.15, -0.1) is 0 Å². The largest absolute Gasteiger partial charge is 0.411 e. The number of hydrogen-bond acceptors (Lipinski definition) is 3. The highest BCUT2D eigenvalue weighted by Gasteiger charge is 2.76. The van der Waals surface area contributed by atoms with Gasteiger partial charge in [0.1, 0.15) is 0 Å². The third kappa shape index (κ3) is 2.21. The molecule has 0 heterocycles. The minimum Gasteiger partial charge on any atom is -0.301 e. The Kier molecular flexibility index (Phi) is 4.11. The van der Waals surface area contributed by atoms with E-state index in [1.807, 2.05) is 0 Å². The van der Waals surface area contributed by atoms with E-state index in [0.29, 0.717) is 0 Å². The van der Waals surface area contributed by atoms with Crippen LogP contribution >= 0.6 is 0 Å². The quantitative estimate of drug-likeness (QED) is 0.441. The average Bonchev–Trinajstić information content (AvgIpc) is 2.13. The third-order valence-electron chi connectivity index (χ3n) is 1.69. The van der Waals surface area contributed by atoms with E-state index in [2.05, 4.69) is 11.7 Å². The summed E-state index contributed by atoms with van der Waals surface area (Å²) in [4.78, 5) is 0. The highest BCUT2D eigenvalue weighted by Crippen LogP contribution is 2.48. The second-order valence-electron chi connectivity index (χ2n) is 2.73. The van der Waals surface area contributed by atoms with Crippen LogP contribution in [0.15, 0.2) is 12.7 Å². The predicted molar refractivity (Wildman–Crippen MR) is 47.8 cm³/mol. The molecular weight excluding hydrogens is 297 g/mol. The number of sulfonamides is 1. The predicted octanol–water partition coefficient (Wildman–Crippen LogP) is 0.577. The standard InChI is InChI=1S/C5H6F5NO4S2/c1-2-3(6,17(11,14)15)4(7,8)5(9,10)16(12)13/h2H,1H2,(H,12,13)(H2,11,14,15). The lowest BCUT2D eigenvalue weighted by Crippen LogP contribution is -2.62. The molecule has 0 saturated heterocycles. The van der Waals surface area contributed by atoms with Crippen molar-refractivity contribution in [2.75, 3.05) is 0 Å². The molecule has 0 fully saturated rings. The first-order valence-electron chi connectivity index (χ1n) is 3.47. The van der Waals surface area contributed by atoms with Gasteiger partial charge in [-0.3, -0.25) is 0 Å². The van der Waals surface area contributed by atoms with Crippen molar-refractivity contribution >= 4 is 21.1 Å². The van der Waals surface area contributed by atoms with E-state index < -0.39 is 43.4 Å². The van der Waals surface area contributed by atoms with Gasteiger partial charge < -0.3 is 4.55 Å². The number of alkyl halides is 5. The molecule has 0 aromatic rings. The van der Waals surface area contributed by atoms with E-state index >= 15 is 0 Å². The first kappa shape index (κ1) is 16.4. The van der Waals surface area contributed by atoms with E-state index in [4.69, 9.17) is 4.55 Å². The number of primary sulfonamides is 1. The zero-order valence-electron chi connectivity index (χ0n) is 7.74. The molecule has 0 saturated carbocycles. The van der Waals surface area contributed by atoms with Crippen LogP contribution < -0.4 is 5.14 Å². The fraction of sp³-hybridized carbons (Fsp3) is 0.600. The summed E-state index contributed by atoms with van der Waals surface area (Å²) in [5.74, 6) is -6.07. The number of rotatable bonds is 5. The zero-order chi connectivity index (χ0) is 14.3. The van der Waals surface area contributed by atoms with Gasteiger partial charge in [-0.1, -0.05) is 6.58 Å². The Balaban J connectivity index is 6.09. The maximum absolute atomic E-state index is 13.4. The molecule has 5 nitrogen and oxygen atoms in total. The summed E-state index contributed by atoms with van der Waals surface area (Å²) in [6, 6.07) is 0. The van der Waals surface area contributed by atoms with E-state index in [1.54, 1.807) is 0 Å². The van der Waals surface area contributed by atoms with Crippen LogP contribution in [0.4, 0.5) is 22.0 Å². The number of hydrogen-bond donors (Lipinski definition) is 2. The molecule has 0 rings (SSSR count). The minimum absolute atomic E-state index is 0.677. The summed E-state index contributed by atoms with van der Waals surface area (Å²) in [5.41, 5.74) is 0. The smallest absolute Gasteiger partial charge is 0.301 e. The molecule has 0 aromatic heterocycles. The Hall–Kier alpha value is -0.590. The monoisotopic (exact) mass is 303 g/mol. The fourth-order valence-electron chi connectivity index (χ4n) is 0.731. The molecule has 3 N–H and O–H groups in total. The third-order valence-corrected chi connectivity index (χ3v) is 3.64. The maximum atomic E-state index is 13.4. The van der Waals surface area contributed by atoms with Crippen molar-refractivity contribution in [1.29, 1.82) is 0 Å². The Labute approximate surface area is 94.8 Å². The molecular formula is C5H6F5NO4S2. The molecule has 102 valence electrons. The normalized spacial score (nSPS) is 19.5. The topological polar surface area (TPSA) is 97.5 Å². The molecule has 12 heteroatoms. The first-order chi connectivity index (χ1) is 7.25. The van der Waals surface area contributed by atoms with Crippen LogP contribution in [-0.4, -0.2) is 33.4 Å². The van der Waals surface area contributed by atoms with E-state index in [1.165, 1.54) is 0 Å². The Bertz CT molecular complexity index is 449. The van der Waals surface area contributed by atoms with E-state index in [0.717, 1.165) is 0 Å². The Morgan fingerprint density at radius 1 is 1.24 bits per heavy atom. The molecule has 2 unspecified atom stereocenters. The SMILES string of the molecule is C=CC(F)(C(F)(F)C(F)(F)S(=O)O)S(N)(=O)=O. The second-order valence-corrected chi connectivity index (χ2v) is 5.43. The lowest BCUT2D eigenvalue weighted by atomic mass is 10.2. The van der Waals surface area contributed by atoms with Crippen LogP contribution in [-0.2, 0) is 21.1 Å². The van der Waals surface area contributed by atoms with Gasteiger partial charge in [-0.25, -0.2) is 22.2 Å². The summed E-state index contributed by atoms with van der Waals surface area (Å²) in [6.07, 6.45) is -0.677. The van der Waals surface area contributed by atoms with Crippen molar-refractivity contribution < 1.29 is 39.1 Å². The summed E-state index contributed by atoms with van der Waals surface area (Å²) in [5, 5.41) is -6.91. The molecule has 0 aromatic carbocycles. The summed E-state index contributed by atoms with van der Waals surface area (Å²) < 4.78 is 104. The number of halogens is 5. The van der Waals surface area contributed by atoms with Crippen molar-refractivity contribution in [2.24, 2.45) is 5.14 Å². The average molecular weight is 303 g/mol. The van der Waals surface area contributed by atoms with Gasteiger partial charge in [0.25, 0.3) is 10.0 Å². The Morgan fingerprint density at radius 2 is 1.59 bits per heavy atom.